The van der Waals surface area contributed by atoms with Crippen LogP contribution in [0.4, 0.5) is 13.2 Å². The number of halogens is 5. The number of aromatic hydroxyl groups is 1. The number of alkyl halides is 3. The Balaban J connectivity index is 0.00000220. The Morgan fingerprint density at radius 2 is 1.90 bits per heavy atom. The van der Waals surface area contributed by atoms with Gasteiger partial charge in [-0.25, -0.2) is 0 Å². The highest BCUT2D eigenvalue weighted by molar-refractivity contribution is 9.10. The molecule has 120 valence electrons. The summed E-state index contributed by atoms with van der Waals surface area (Å²) in [5.41, 5.74) is 0.564. The Hall–Kier alpha value is -0.500. The number of benzene rings is 1. The summed E-state index contributed by atoms with van der Waals surface area (Å²) in [6.45, 7) is 2.54. The van der Waals surface area contributed by atoms with Crippen LogP contribution in [0, 0.1) is 0 Å². The third kappa shape index (κ3) is 5.32. The van der Waals surface area contributed by atoms with Crippen LogP contribution in [0.1, 0.15) is 18.0 Å². The van der Waals surface area contributed by atoms with Gasteiger partial charge in [0.25, 0.3) is 0 Å². The van der Waals surface area contributed by atoms with Crippen LogP contribution < -0.4 is 5.32 Å². The molecule has 0 spiro atoms. The van der Waals surface area contributed by atoms with Crippen LogP contribution in [-0.4, -0.2) is 42.4 Å². The van der Waals surface area contributed by atoms with Crippen molar-refractivity contribution in [3.63, 3.8) is 0 Å². The Morgan fingerprint density at radius 1 is 1.29 bits per heavy atom. The van der Waals surface area contributed by atoms with Crippen molar-refractivity contribution in [2.24, 2.45) is 0 Å². The third-order valence-electron chi connectivity index (χ3n) is 3.37. The molecule has 0 radical (unpaired) electrons. The van der Waals surface area contributed by atoms with Crippen molar-refractivity contribution >= 4 is 28.3 Å². The number of rotatable bonds is 3. The lowest BCUT2D eigenvalue weighted by Gasteiger charge is -2.35. The number of hydrogen-bond acceptors (Lipinski definition) is 3. The smallest absolute Gasteiger partial charge is 0.390 e. The maximum absolute atomic E-state index is 12.8. The number of phenols is 1. The summed E-state index contributed by atoms with van der Waals surface area (Å²) in [6.07, 6.45) is -5.11. The average molecular weight is 390 g/mol. The van der Waals surface area contributed by atoms with E-state index in [4.69, 9.17) is 0 Å². The van der Waals surface area contributed by atoms with E-state index < -0.39 is 18.6 Å². The molecule has 1 aromatic rings. The predicted molar refractivity (Wildman–Crippen MR) is 80.9 cm³/mol. The largest absolute Gasteiger partial charge is 0.507 e. The van der Waals surface area contributed by atoms with E-state index in [1.165, 1.54) is 6.07 Å². The van der Waals surface area contributed by atoms with Gasteiger partial charge in [-0.15, -0.1) is 12.4 Å². The van der Waals surface area contributed by atoms with Crippen LogP contribution in [-0.2, 0) is 0 Å². The first kappa shape index (κ1) is 18.5. The number of hydrogen-bond donors (Lipinski definition) is 2. The van der Waals surface area contributed by atoms with Gasteiger partial charge in [-0.1, -0.05) is 6.07 Å². The molecule has 1 aliphatic heterocycles. The highest BCUT2D eigenvalue weighted by Crippen LogP contribution is 2.36. The van der Waals surface area contributed by atoms with Crippen LogP contribution in [0.3, 0.4) is 0 Å². The van der Waals surface area contributed by atoms with Crippen molar-refractivity contribution in [2.45, 2.75) is 18.6 Å². The Morgan fingerprint density at radius 3 is 2.43 bits per heavy atom. The Labute approximate surface area is 136 Å². The highest BCUT2D eigenvalue weighted by atomic mass is 79.9. The molecular weight excluding hydrogens is 373 g/mol. The van der Waals surface area contributed by atoms with Crippen LogP contribution >= 0.6 is 28.3 Å². The van der Waals surface area contributed by atoms with Gasteiger partial charge in [0.2, 0.25) is 0 Å². The minimum atomic E-state index is -4.22. The van der Waals surface area contributed by atoms with E-state index in [1.54, 1.807) is 12.1 Å². The third-order valence-corrected chi connectivity index (χ3v) is 4.01. The molecule has 0 amide bonds. The SMILES string of the molecule is Cl.Oc1ccc([C@@H](CC(F)(F)F)N2CCNCC2)cc1Br. The fourth-order valence-electron chi connectivity index (χ4n) is 2.40. The molecule has 0 aromatic heterocycles. The summed E-state index contributed by atoms with van der Waals surface area (Å²) in [6, 6.07) is 3.83. The molecule has 0 unspecified atom stereocenters. The fourth-order valence-corrected chi connectivity index (χ4v) is 2.80. The van der Waals surface area contributed by atoms with E-state index in [9.17, 15) is 18.3 Å². The summed E-state index contributed by atoms with van der Waals surface area (Å²) >= 11 is 3.16. The van der Waals surface area contributed by atoms with Gasteiger partial charge in [-0.2, -0.15) is 13.2 Å². The van der Waals surface area contributed by atoms with Crippen molar-refractivity contribution in [1.29, 1.82) is 0 Å². The average Bonchev–Trinajstić information content (AvgIpc) is 2.39. The molecular formula is C13H17BrClF3N2O. The zero-order chi connectivity index (χ0) is 14.8. The van der Waals surface area contributed by atoms with Gasteiger partial charge in [0.05, 0.1) is 10.9 Å². The lowest BCUT2D eigenvalue weighted by Crippen LogP contribution is -2.46. The second kappa shape index (κ2) is 7.67. The van der Waals surface area contributed by atoms with Gasteiger partial charge in [0, 0.05) is 32.2 Å². The zero-order valence-corrected chi connectivity index (χ0v) is 13.6. The van der Waals surface area contributed by atoms with E-state index in [2.05, 4.69) is 21.2 Å². The molecule has 2 N–H and O–H groups in total. The van der Waals surface area contributed by atoms with Gasteiger partial charge < -0.3 is 10.4 Å². The van der Waals surface area contributed by atoms with Crippen molar-refractivity contribution in [2.75, 3.05) is 26.2 Å². The molecule has 1 atom stereocenters. The van der Waals surface area contributed by atoms with E-state index >= 15 is 0 Å². The molecule has 8 heteroatoms. The minimum Gasteiger partial charge on any atom is -0.507 e. The van der Waals surface area contributed by atoms with Crippen molar-refractivity contribution in [1.82, 2.24) is 10.2 Å². The lowest BCUT2D eigenvalue weighted by molar-refractivity contribution is -0.148. The van der Waals surface area contributed by atoms with Crippen LogP contribution in [0.5, 0.6) is 5.75 Å². The Bertz CT molecular complexity index is 467. The molecule has 1 saturated heterocycles. The highest BCUT2D eigenvalue weighted by Gasteiger charge is 2.36. The quantitative estimate of drug-likeness (QED) is 0.831. The van der Waals surface area contributed by atoms with Gasteiger partial charge >= 0.3 is 6.18 Å². The number of nitrogens with zero attached hydrogens (tertiary/aromatic N) is 1. The molecule has 21 heavy (non-hydrogen) atoms. The molecule has 1 fully saturated rings. The molecule has 1 aliphatic rings. The van der Waals surface area contributed by atoms with Crippen LogP contribution in [0.15, 0.2) is 22.7 Å². The summed E-state index contributed by atoms with van der Waals surface area (Å²) < 4.78 is 38.9. The van der Waals surface area contributed by atoms with Gasteiger partial charge in [0.1, 0.15) is 5.75 Å². The first-order chi connectivity index (χ1) is 9.37. The van der Waals surface area contributed by atoms with Crippen molar-refractivity contribution in [3.8, 4) is 5.75 Å². The molecule has 0 saturated carbocycles. The molecule has 0 aliphatic carbocycles. The predicted octanol–water partition coefficient (Wildman–Crippen LogP) is 3.48. The topological polar surface area (TPSA) is 35.5 Å². The second-order valence-corrected chi connectivity index (χ2v) is 5.69. The van der Waals surface area contributed by atoms with Gasteiger partial charge in [-0.05, 0) is 33.6 Å². The standard InChI is InChI=1S/C13H16BrF3N2O.ClH/c14-10-7-9(1-2-12(10)20)11(8-13(15,16)17)19-5-3-18-4-6-19;/h1-2,7,11,18,20H,3-6,8H2;1H/t11-;/m1./s1. The number of phenolic OH excluding ortho intramolecular Hbond substituents is 1. The summed E-state index contributed by atoms with van der Waals surface area (Å²) in [7, 11) is 0. The van der Waals surface area contributed by atoms with Crippen LogP contribution in [0.25, 0.3) is 0 Å². The van der Waals surface area contributed by atoms with Crippen molar-refractivity contribution in [3.05, 3.63) is 28.2 Å². The van der Waals surface area contributed by atoms with E-state index in [1.807, 2.05) is 4.90 Å². The first-order valence-electron chi connectivity index (χ1n) is 6.37. The number of piperazine rings is 1. The fraction of sp³-hybridized carbons (Fsp3) is 0.538. The molecule has 0 bridgehead atoms. The molecule has 3 nitrogen and oxygen atoms in total. The maximum atomic E-state index is 12.8. The van der Waals surface area contributed by atoms with Crippen LogP contribution in [0.2, 0.25) is 0 Å². The number of nitrogens with one attached hydrogen (secondary N) is 1. The minimum absolute atomic E-state index is 0. The molecule has 1 aromatic carbocycles. The summed E-state index contributed by atoms with van der Waals surface area (Å²) in [5, 5.41) is 12.6. The van der Waals surface area contributed by atoms with Gasteiger partial charge in [-0.3, -0.25) is 4.90 Å². The monoisotopic (exact) mass is 388 g/mol. The Kier molecular flexibility index (Phi) is 6.77. The lowest BCUT2D eigenvalue weighted by atomic mass is 10.0. The molecule has 1 heterocycles. The van der Waals surface area contributed by atoms with E-state index in [-0.39, 0.29) is 18.2 Å². The van der Waals surface area contributed by atoms with E-state index in [0.29, 0.717) is 36.2 Å². The second-order valence-electron chi connectivity index (χ2n) is 4.83. The van der Waals surface area contributed by atoms with E-state index in [0.717, 1.165) is 0 Å². The first-order valence-corrected chi connectivity index (χ1v) is 7.16. The summed E-state index contributed by atoms with van der Waals surface area (Å²) in [4.78, 5) is 1.84. The zero-order valence-electron chi connectivity index (χ0n) is 11.2. The molecule has 2 rings (SSSR count). The maximum Gasteiger partial charge on any atom is 0.390 e. The van der Waals surface area contributed by atoms with Gasteiger partial charge in [0.15, 0.2) is 0 Å². The normalized spacial score (nSPS) is 18.1. The summed E-state index contributed by atoms with van der Waals surface area (Å²) in [5.74, 6) is 0.0276. The van der Waals surface area contributed by atoms with Crippen molar-refractivity contribution < 1.29 is 18.3 Å².